The summed E-state index contributed by atoms with van der Waals surface area (Å²) in [5.74, 6) is 0. The average molecular weight is 876 g/mol. The normalized spacial score (nSPS) is 11.5. The molecule has 0 unspecified atom stereocenters. The summed E-state index contributed by atoms with van der Waals surface area (Å²) in [5, 5.41) is 12.5. The van der Waals surface area contributed by atoms with Crippen LogP contribution in [0.15, 0.2) is 273 Å². The van der Waals surface area contributed by atoms with Crippen LogP contribution in [0.3, 0.4) is 0 Å². The highest BCUT2D eigenvalue weighted by molar-refractivity contribution is 6.22. The van der Waals surface area contributed by atoms with Crippen molar-refractivity contribution in [3.63, 3.8) is 0 Å². The zero-order valence-electron chi connectivity index (χ0n) is 37.9. The van der Waals surface area contributed by atoms with Crippen LogP contribution in [0.1, 0.15) is 0 Å². The Hall–Kier alpha value is -9.04. The van der Waals surface area contributed by atoms with Gasteiger partial charge in [-0.1, -0.05) is 231 Å². The van der Waals surface area contributed by atoms with Crippen LogP contribution in [0.5, 0.6) is 0 Å². The highest BCUT2D eigenvalue weighted by atomic mass is 15.1. The van der Waals surface area contributed by atoms with Crippen molar-refractivity contribution in [2.24, 2.45) is 0 Å². The van der Waals surface area contributed by atoms with E-state index in [4.69, 9.17) is 0 Å². The maximum atomic E-state index is 2.44. The smallest absolute Gasteiger partial charge is 0.0540 e. The Balaban J connectivity index is 0.983. The number of hydrogen-bond donors (Lipinski definition) is 0. The number of benzene rings is 13. The molecule has 0 amide bonds. The van der Waals surface area contributed by atoms with Gasteiger partial charge in [-0.15, -0.1) is 0 Å². The summed E-state index contributed by atoms with van der Waals surface area (Å²) in [6.07, 6.45) is 0. The van der Waals surface area contributed by atoms with Crippen LogP contribution >= 0.6 is 0 Å². The van der Waals surface area contributed by atoms with Crippen molar-refractivity contribution in [3.05, 3.63) is 273 Å². The Kier molecular flexibility index (Phi) is 9.91. The number of hydrogen-bond acceptors (Lipinski definition) is 1. The predicted octanol–water partition coefficient (Wildman–Crippen LogP) is 19.3. The van der Waals surface area contributed by atoms with Crippen LogP contribution in [-0.4, -0.2) is 0 Å². The molecule has 69 heavy (non-hydrogen) atoms. The molecule has 0 aliphatic heterocycles. The highest BCUT2D eigenvalue weighted by Gasteiger charge is 2.21. The summed E-state index contributed by atoms with van der Waals surface area (Å²) in [5.41, 5.74) is 15.3. The minimum atomic E-state index is 1.09. The lowest BCUT2D eigenvalue weighted by Crippen LogP contribution is -2.10. The van der Waals surface area contributed by atoms with E-state index in [2.05, 4.69) is 278 Å². The molecule has 0 heterocycles. The Labute approximate surface area is 402 Å². The monoisotopic (exact) mass is 875 g/mol. The molecule has 0 atom stereocenters. The molecule has 0 spiro atoms. The molecule has 13 aromatic carbocycles. The average Bonchev–Trinajstić information content (AvgIpc) is 3.43. The second kappa shape index (κ2) is 17.0. The maximum Gasteiger partial charge on any atom is 0.0540 e. The second-order valence-corrected chi connectivity index (χ2v) is 18.0. The molecule has 0 aromatic heterocycles. The summed E-state index contributed by atoms with van der Waals surface area (Å²) in [6, 6.07) is 100. The molecule has 0 fully saturated rings. The molecule has 13 aromatic rings. The molecule has 0 aliphatic rings. The SMILES string of the molecule is c1ccc(-c2ccc(N(c3ccc(-c4ccc5c(ccc6ccccc65)c4)cc3)c3cccc(-c4ccc5c(c4)c(-c4ccccc4)c(-c4ccccc4)c4ccccc45)c3)c3ccccc23)cc1. The van der Waals surface area contributed by atoms with Gasteiger partial charge in [0.25, 0.3) is 0 Å². The summed E-state index contributed by atoms with van der Waals surface area (Å²) in [6.45, 7) is 0. The van der Waals surface area contributed by atoms with Crippen molar-refractivity contribution in [1.82, 2.24) is 0 Å². The first-order valence-electron chi connectivity index (χ1n) is 23.8. The standard InChI is InChI=1S/C68H45N/c1-4-17-47(18-5-1)58-41-42-66(63-29-14-12-27-60(58)63)69(55-37-33-46(34-38-55)52-35-39-59-54(43-52)32-31-48-19-10-11-26-57(48)59)56-25-16-24-51(44-56)53-36-40-62-61-28-13-15-30-64(61)67(49-20-6-2-7-21-49)68(65(62)45-53)50-22-8-3-9-23-50/h1-45H. The van der Waals surface area contributed by atoms with Crippen LogP contribution in [0.2, 0.25) is 0 Å². The minimum Gasteiger partial charge on any atom is -0.310 e. The molecule has 13 rings (SSSR count). The molecule has 0 N–H and O–H groups in total. The van der Waals surface area contributed by atoms with Crippen LogP contribution in [0, 0.1) is 0 Å². The molecule has 0 saturated carbocycles. The van der Waals surface area contributed by atoms with Crippen molar-refractivity contribution in [3.8, 4) is 55.6 Å². The lowest BCUT2D eigenvalue weighted by molar-refractivity contribution is 1.30. The maximum absolute atomic E-state index is 2.44. The lowest BCUT2D eigenvalue weighted by Gasteiger charge is -2.28. The van der Waals surface area contributed by atoms with E-state index in [0.717, 1.165) is 22.6 Å². The van der Waals surface area contributed by atoms with Crippen molar-refractivity contribution in [2.45, 2.75) is 0 Å². The third-order valence-electron chi connectivity index (χ3n) is 14.0. The Morgan fingerprint density at radius 1 is 0.203 bits per heavy atom. The van der Waals surface area contributed by atoms with Crippen LogP contribution < -0.4 is 4.90 Å². The van der Waals surface area contributed by atoms with E-state index >= 15 is 0 Å². The first-order valence-corrected chi connectivity index (χ1v) is 23.8. The topological polar surface area (TPSA) is 3.24 Å². The van der Waals surface area contributed by atoms with E-state index in [1.54, 1.807) is 0 Å². The van der Waals surface area contributed by atoms with Crippen molar-refractivity contribution < 1.29 is 0 Å². The molecule has 0 aliphatic carbocycles. The van der Waals surface area contributed by atoms with E-state index in [-0.39, 0.29) is 0 Å². The Morgan fingerprint density at radius 2 is 0.696 bits per heavy atom. The fourth-order valence-corrected chi connectivity index (χ4v) is 10.8. The largest absolute Gasteiger partial charge is 0.310 e. The molecule has 322 valence electrons. The van der Waals surface area contributed by atoms with Gasteiger partial charge in [-0.05, 0) is 147 Å². The quantitative estimate of drug-likeness (QED) is 0.138. The fourth-order valence-electron chi connectivity index (χ4n) is 10.8. The van der Waals surface area contributed by atoms with Gasteiger partial charge in [0, 0.05) is 16.8 Å². The molecule has 1 nitrogen and oxygen atoms in total. The van der Waals surface area contributed by atoms with Gasteiger partial charge in [0.15, 0.2) is 0 Å². The Morgan fingerprint density at radius 3 is 1.42 bits per heavy atom. The van der Waals surface area contributed by atoms with Gasteiger partial charge in [0.1, 0.15) is 0 Å². The minimum absolute atomic E-state index is 1.09. The van der Waals surface area contributed by atoms with Crippen LogP contribution in [0.25, 0.3) is 109 Å². The summed E-state index contributed by atoms with van der Waals surface area (Å²) in [7, 11) is 0. The highest BCUT2D eigenvalue weighted by Crippen LogP contribution is 2.47. The summed E-state index contributed by atoms with van der Waals surface area (Å²) < 4.78 is 0. The third-order valence-corrected chi connectivity index (χ3v) is 14.0. The van der Waals surface area contributed by atoms with Crippen LogP contribution in [0.4, 0.5) is 17.1 Å². The second-order valence-electron chi connectivity index (χ2n) is 18.0. The molecular formula is C68H45N. The molecule has 1 heteroatoms. The van der Waals surface area contributed by atoms with Crippen molar-refractivity contribution in [1.29, 1.82) is 0 Å². The number of nitrogens with zero attached hydrogens (tertiary/aromatic N) is 1. The van der Waals surface area contributed by atoms with Crippen LogP contribution in [-0.2, 0) is 0 Å². The number of fused-ring (bicyclic) bond motifs is 7. The zero-order valence-corrected chi connectivity index (χ0v) is 37.9. The van der Waals surface area contributed by atoms with E-state index in [9.17, 15) is 0 Å². The third kappa shape index (κ3) is 7.12. The van der Waals surface area contributed by atoms with Crippen molar-refractivity contribution >= 4 is 70.9 Å². The summed E-state index contributed by atoms with van der Waals surface area (Å²) >= 11 is 0. The van der Waals surface area contributed by atoms with Gasteiger partial charge in [0.05, 0.1) is 5.69 Å². The zero-order chi connectivity index (χ0) is 45.7. The predicted molar refractivity (Wildman–Crippen MR) is 296 cm³/mol. The first-order chi connectivity index (χ1) is 34.2. The number of anilines is 3. The van der Waals surface area contributed by atoms with Gasteiger partial charge in [-0.2, -0.15) is 0 Å². The molecule has 0 saturated heterocycles. The fraction of sp³-hybridized carbons (Fsp3) is 0. The molecular weight excluding hydrogens is 831 g/mol. The van der Waals surface area contributed by atoms with E-state index in [0.29, 0.717) is 0 Å². The molecule has 0 radical (unpaired) electrons. The number of rotatable bonds is 8. The van der Waals surface area contributed by atoms with Gasteiger partial charge >= 0.3 is 0 Å². The van der Waals surface area contributed by atoms with Gasteiger partial charge in [-0.3, -0.25) is 0 Å². The van der Waals surface area contributed by atoms with Gasteiger partial charge in [-0.25, -0.2) is 0 Å². The lowest BCUT2D eigenvalue weighted by atomic mass is 9.84. The van der Waals surface area contributed by atoms with E-state index < -0.39 is 0 Å². The molecule has 0 bridgehead atoms. The summed E-state index contributed by atoms with van der Waals surface area (Å²) in [4.78, 5) is 2.44. The van der Waals surface area contributed by atoms with E-state index in [1.807, 2.05) is 0 Å². The van der Waals surface area contributed by atoms with E-state index in [1.165, 1.54) is 104 Å². The Bertz CT molecular complexity index is 4040. The van der Waals surface area contributed by atoms with Crippen molar-refractivity contribution in [2.75, 3.05) is 4.90 Å². The van der Waals surface area contributed by atoms with Gasteiger partial charge in [0.2, 0.25) is 0 Å². The first kappa shape index (κ1) is 40.3. The van der Waals surface area contributed by atoms with Gasteiger partial charge < -0.3 is 4.90 Å².